The highest BCUT2D eigenvalue weighted by Gasteiger charge is 2.13. The standard InChI is InChI=1S/C11H16N2O2/c1-11(2,3)15-10(14)6-5-9-7-12-13(4)8-9/h5-8H,1-4H3/b6-5-. The number of esters is 1. The van der Waals surface area contributed by atoms with Gasteiger partial charge in [0.05, 0.1) is 6.20 Å². The fourth-order valence-electron chi connectivity index (χ4n) is 1.03. The molecule has 15 heavy (non-hydrogen) atoms. The van der Waals surface area contributed by atoms with E-state index in [-0.39, 0.29) is 5.97 Å². The molecule has 0 fully saturated rings. The van der Waals surface area contributed by atoms with Crippen LogP contribution < -0.4 is 0 Å². The Morgan fingerprint density at radius 1 is 1.53 bits per heavy atom. The topological polar surface area (TPSA) is 44.1 Å². The molecule has 0 bridgehead atoms. The average molecular weight is 208 g/mol. The highest BCUT2D eigenvalue weighted by atomic mass is 16.6. The molecule has 0 atom stereocenters. The van der Waals surface area contributed by atoms with Crippen LogP contribution in [0.25, 0.3) is 6.08 Å². The summed E-state index contributed by atoms with van der Waals surface area (Å²) >= 11 is 0. The van der Waals surface area contributed by atoms with E-state index in [0.717, 1.165) is 5.56 Å². The Morgan fingerprint density at radius 2 is 2.20 bits per heavy atom. The number of aryl methyl sites for hydroxylation is 1. The maximum Gasteiger partial charge on any atom is 0.331 e. The third kappa shape index (κ3) is 4.44. The number of aromatic nitrogens is 2. The van der Waals surface area contributed by atoms with Gasteiger partial charge in [0, 0.05) is 24.9 Å². The van der Waals surface area contributed by atoms with Crippen molar-refractivity contribution in [2.45, 2.75) is 26.4 Å². The summed E-state index contributed by atoms with van der Waals surface area (Å²) in [6.07, 6.45) is 6.59. The van der Waals surface area contributed by atoms with Gasteiger partial charge in [0.2, 0.25) is 0 Å². The number of carbonyl (C=O) groups excluding carboxylic acids is 1. The van der Waals surface area contributed by atoms with Crippen molar-refractivity contribution >= 4 is 12.0 Å². The van der Waals surface area contributed by atoms with Crippen molar-refractivity contribution in [3.05, 3.63) is 24.0 Å². The third-order valence-electron chi connectivity index (χ3n) is 1.54. The normalized spacial score (nSPS) is 12.0. The molecule has 82 valence electrons. The Labute approximate surface area is 89.5 Å². The van der Waals surface area contributed by atoms with Crippen LogP contribution in [0, 0.1) is 0 Å². The zero-order valence-corrected chi connectivity index (χ0v) is 9.52. The number of ether oxygens (including phenoxy) is 1. The molecular formula is C11H16N2O2. The molecule has 0 aliphatic rings. The number of hydrogen-bond acceptors (Lipinski definition) is 3. The molecule has 4 nitrogen and oxygen atoms in total. The summed E-state index contributed by atoms with van der Waals surface area (Å²) in [6, 6.07) is 0. The van der Waals surface area contributed by atoms with Crippen LogP contribution in [-0.4, -0.2) is 21.4 Å². The Balaban J connectivity index is 2.55. The van der Waals surface area contributed by atoms with Crippen molar-refractivity contribution in [2.24, 2.45) is 7.05 Å². The monoisotopic (exact) mass is 208 g/mol. The molecular weight excluding hydrogens is 192 g/mol. The zero-order chi connectivity index (χ0) is 11.5. The molecule has 1 rings (SSSR count). The fourth-order valence-corrected chi connectivity index (χ4v) is 1.03. The molecule has 0 saturated heterocycles. The molecule has 0 unspecified atom stereocenters. The SMILES string of the molecule is Cn1cc(/C=C\C(=O)OC(C)(C)C)cn1. The summed E-state index contributed by atoms with van der Waals surface area (Å²) in [5, 5.41) is 3.98. The summed E-state index contributed by atoms with van der Waals surface area (Å²) in [5.74, 6) is -0.341. The van der Waals surface area contributed by atoms with Gasteiger partial charge in [-0.25, -0.2) is 4.79 Å². The number of carbonyl (C=O) groups is 1. The second-order valence-electron chi connectivity index (χ2n) is 4.31. The summed E-state index contributed by atoms with van der Waals surface area (Å²) in [4.78, 5) is 11.3. The van der Waals surface area contributed by atoms with E-state index >= 15 is 0 Å². The third-order valence-corrected chi connectivity index (χ3v) is 1.54. The van der Waals surface area contributed by atoms with Gasteiger partial charge >= 0.3 is 5.97 Å². The largest absolute Gasteiger partial charge is 0.457 e. The fraction of sp³-hybridized carbons (Fsp3) is 0.455. The minimum absolute atomic E-state index is 0.341. The van der Waals surface area contributed by atoms with Crippen LogP contribution in [0.15, 0.2) is 18.5 Å². The minimum atomic E-state index is -0.448. The molecule has 0 amide bonds. The van der Waals surface area contributed by atoms with Gasteiger partial charge in [-0.2, -0.15) is 5.10 Å². The first-order valence-corrected chi connectivity index (χ1v) is 4.76. The first kappa shape index (κ1) is 11.5. The van der Waals surface area contributed by atoms with Crippen LogP contribution >= 0.6 is 0 Å². The maximum absolute atomic E-state index is 11.3. The van der Waals surface area contributed by atoms with Gasteiger partial charge in [-0.15, -0.1) is 0 Å². The predicted octanol–water partition coefficient (Wildman–Crippen LogP) is 1.77. The number of hydrogen-bond donors (Lipinski definition) is 0. The van der Waals surface area contributed by atoms with E-state index < -0.39 is 5.60 Å². The zero-order valence-electron chi connectivity index (χ0n) is 9.52. The van der Waals surface area contributed by atoms with Gasteiger partial charge in [-0.1, -0.05) is 0 Å². The van der Waals surface area contributed by atoms with E-state index in [0.29, 0.717) is 0 Å². The quantitative estimate of drug-likeness (QED) is 0.549. The van der Waals surface area contributed by atoms with Crippen LogP contribution in [0.4, 0.5) is 0 Å². The summed E-state index contributed by atoms with van der Waals surface area (Å²) in [7, 11) is 1.82. The van der Waals surface area contributed by atoms with Crippen LogP contribution in [-0.2, 0) is 16.6 Å². The molecule has 0 saturated carbocycles. The van der Waals surface area contributed by atoms with Crippen molar-refractivity contribution in [2.75, 3.05) is 0 Å². The van der Waals surface area contributed by atoms with Crippen molar-refractivity contribution < 1.29 is 9.53 Å². The van der Waals surface area contributed by atoms with Gasteiger partial charge in [0.15, 0.2) is 0 Å². The summed E-state index contributed by atoms with van der Waals surface area (Å²) < 4.78 is 6.79. The van der Waals surface area contributed by atoms with E-state index in [1.807, 2.05) is 34.0 Å². The van der Waals surface area contributed by atoms with Gasteiger partial charge in [-0.05, 0) is 26.8 Å². The van der Waals surface area contributed by atoms with Crippen molar-refractivity contribution in [1.29, 1.82) is 0 Å². The Morgan fingerprint density at radius 3 is 2.67 bits per heavy atom. The molecule has 0 aliphatic heterocycles. The molecule has 4 heteroatoms. The molecule has 0 radical (unpaired) electrons. The molecule has 1 heterocycles. The first-order chi connectivity index (χ1) is 6.87. The van der Waals surface area contributed by atoms with E-state index in [1.54, 1.807) is 17.0 Å². The van der Waals surface area contributed by atoms with E-state index in [1.165, 1.54) is 6.08 Å². The second kappa shape index (κ2) is 4.29. The van der Waals surface area contributed by atoms with Gasteiger partial charge in [-0.3, -0.25) is 4.68 Å². The van der Waals surface area contributed by atoms with E-state index in [2.05, 4.69) is 5.10 Å². The van der Waals surface area contributed by atoms with Crippen LogP contribution in [0.5, 0.6) is 0 Å². The van der Waals surface area contributed by atoms with Crippen molar-refractivity contribution in [1.82, 2.24) is 9.78 Å². The Hall–Kier alpha value is -1.58. The van der Waals surface area contributed by atoms with Gasteiger partial charge in [0.25, 0.3) is 0 Å². The Bertz CT molecular complexity index is 372. The Kier molecular flexibility index (Phi) is 3.29. The predicted molar refractivity (Wildman–Crippen MR) is 58.1 cm³/mol. The molecule has 0 N–H and O–H groups in total. The molecule has 1 aromatic rings. The number of rotatable bonds is 2. The molecule has 0 aromatic carbocycles. The smallest absolute Gasteiger partial charge is 0.331 e. The van der Waals surface area contributed by atoms with E-state index in [4.69, 9.17) is 4.74 Å². The lowest BCUT2D eigenvalue weighted by molar-refractivity contribution is -0.148. The lowest BCUT2D eigenvalue weighted by atomic mass is 10.2. The van der Waals surface area contributed by atoms with Crippen molar-refractivity contribution in [3.63, 3.8) is 0 Å². The first-order valence-electron chi connectivity index (χ1n) is 4.76. The maximum atomic E-state index is 11.3. The molecule has 1 aromatic heterocycles. The van der Waals surface area contributed by atoms with Crippen molar-refractivity contribution in [3.8, 4) is 0 Å². The lowest BCUT2D eigenvalue weighted by Crippen LogP contribution is -2.22. The minimum Gasteiger partial charge on any atom is -0.457 e. The van der Waals surface area contributed by atoms with Gasteiger partial charge in [0.1, 0.15) is 5.60 Å². The van der Waals surface area contributed by atoms with Crippen LogP contribution in [0.3, 0.4) is 0 Å². The summed E-state index contributed by atoms with van der Waals surface area (Å²) in [5.41, 5.74) is 0.430. The number of nitrogens with zero attached hydrogens (tertiary/aromatic N) is 2. The highest BCUT2D eigenvalue weighted by Crippen LogP contribution is 2.08. The average Bonchev–Trinajstić information content (AvgIpc) is 2.45. The molecule has 0 aliphatic carbocycles. The highest BCUT2D eigenvalue weighted by molar-refractivity contribution is 5.87. The lowest BCUT2D eigenvalue weighted by Gasteiger charge is -2.17. The second-order valence-corrected chi connectivity index (χ2v) is 4.31. The molecule has 0 spiro atoms. The van der Waals surface area contributed by atoms with Crippen LogP contribution in [0.2, 0.25) is 0 Å². The van der Waals surface area contributed by atoms with E-state index in [9.17, 15) is 4.79 Å². The summed E-state index contributed by atoms with van der Waals surface area (Å²) in [6.45, 7) is 5.51. The van der Waals surface area contributed by atoms with Gasteiger partial charge < -0.3 is 4.74 Å². The van der Waals surface area contributed by atoms with Crippen LogP contribution in [0.1, 0.15) is 26.3 Å².